The van der Waals surface area contributed by atoms with Crippen molar-refractivity contribution in [2.75, 3.05) is 21.3 Å². The van der Waals surface area contributed by atoms with E-state index in [2.05, 4.69) is 162 Å². The molecule has 0 aliphatic rings. The molecule has 2 atom stereocenters. The number of aryl methyl sites for hydroxylation is 2. The van der Waals surface area contributed by atoms with Gasteiger partial charge in [-0.25, -0.2) is 0 Å². The third-order valence-electron chi connectivity index (χ3n) is 7.43. The summed E-state index contributed by atoms with van der Waals surface area (Å²) in [6, 6.07) is 31.3. The van der Waals surface area contributed by atoms with Crippen molar-refractivity contribution in [3.05, 3.63) is 96.1 Å². The first-order valence-electron chi connectivity index (χ1n) is 15.7. The van der Waals surface area contributed by atoms with Crippen LogP contribution in [0, 0.1) is 25.7 Å². The molecule has 0 aliphatic heterocycles. The molecule has 4 N–H and O–H groups in total. The van der Waals surface area contributed by atoms with E-state index in [1.807, 2.05) is 0 Å². The third kappa shape index (κ3) is 10.3. The van der Waals surface area contributed by atoms with Gasteiger partial charge in [0.2, 0.25) is 0 Å². The van der Waals surface area contributed by atoms with E-state index in [0.29, 0.717) is 23.9 Å². The average Bonchev–Trinajstić information content (AvgIpc) is 2.93. The van der Waals surface area contributed by atoms with E-state index >= 15 is 0 Å². The van der Waals surface area contributed by atoms with Gasteiger partial charge < -0.3 is 21.3 Å². The van der Waals surface area contributed by atoms with Gasteiger partial charge in [-0.05, 0) is 148 Å². The predicted molar refractivity (Wildman–Crippen MR) is 191 cm³/mol. The summed E-state index contributed by atoms with van der Waals surface area (Å²) >= 11 is 1.77. The molecule has 0 spiro atoms. The summed E-state index contributed by atoms with van der Waals surface area (Å²) in [5, 5.41) is 14.4. The lowest BCUT2D eigenvalue weighted by molar-refractivity contribution is 0.539. The quantitative estimate of drug-likeness (QED) is 0.117. The maximum atomic E-state index is 3.66. The van der Waals surface area contributed by atoms with Crippen molar-refractivity contribution in [1.82, 2.24) is 0 Å². The minimum Gasteiger partial charge on any atom is -0.382 e. The summed E-state index contributed by atoms with van der Waals surface area (Å²) in [5.41, 5.74) is 9.29. The standard InChI is InChI=1S/C38H50N4S/c1-25(2)21-29(7)39-37-19-13-33(23-27(37)5)41-31-9-15-35(16-10-31)43-36-17-11-32(12-18-36)42-34-14-20-38(28(6)24-34)40-30(8)22-26(3)4/h9-20,23-26,29-30,39-42H,21-22H2,1-8H3. The fourth-order valence-corrected chi connectivity index (χ4v) is 6.37. The number of hydrogen-bond donors (Lipinski definition) is 4. The van der Waals surface area contributed by atoms with Crippen LogP contribution in [0.4, 0.5) is 34.1 Å². The van der Waals surface area contributed by atoms with Crippen molar-refractivity contribution < 1.29 is 0 Å². The smallest absolute Gasteiger partial charge is 0.0388 e. The third-order valence-corrected chi connectivity index (χ3v) is 8.44. The molecule has 4 aromatic carbocycles. The van der Waals surface area contributed by atoms with Gasteiger partial charge in [0.15, 0.2) is 0 Å². The molecule has 4 aromatic rings. The van der Waals surface area contributed by atoms with Gasteiger partial charge in [0.05, 0.1) is 0 Å². The first-order valence-corrected chi connectivity index (χ1v) is 16.5. The minimum absolute atomic E-state index is 0.461. The summed E-state index contributed by atoms with van der Waals surface area (Å²) in [6.45, 7) is 17.9. The Bertz CT molecular complexity index is 1330. The highest BCUT2D eigenvalue weighted by Gasteiger charge is 2.09. The van der Waals surface area contributed by atoms with E-state index < -0.39 is 0 Å². The second-order valence-electron chi connectivity index (χ2n) is 12.8. The molecular weight excluding hydrogens is 545 g/mol. The Morgan fingerprint density at radius 3 is 1.16 bits per heavy atom. The van der Waals surface area contributed by atoms with Crippen LogP contribution in [-0.2, 0) is 0 Å². The Morgan fingerprint density at radius 1 is 0.488 bits per heavy atom. The largest absolute Gasteiger partial charge is 0.382 e. The molecule has 0 amide bonds. The van der Waals surface area contributed by atoms with Gasteiger partial charge in [0.25, 0.3) is 0 Å². The molecule has 0 radical (unpaired) electrons. The molecular formula is C38H50N4S. The summed E-state index contributed by atoms with van der Waals surface area (Å²) in [4.78, 5) is 2.43. The Hall–Kier alpha value is -3.57. The van der Waals surface area contributed by atoms with Crippen LogP contribution < -0.4 is 21.3 Å². The summed E-state index contributed by atoms with van der Waals surface area (Å²) < 4.78 is 0. The van der Waals surface area contributed by atoms with Crippen molar-refractivity contribution in [1.29, 1.82) is 0 Å². The lowest BCUT2D eigenvalue weighted by Crippen LogP contribution is -2.18. The van der Waals surface area contributed by atoms with Crippen molar-refractivity contribution in [3.8, 4) is 0 Å². The summed E-state index contributed by atoms with van der Waals surface area (Å²) in [6.07, 6.45) is 2.32. The number of nitrogens with one attached hydrogen (secondary N) is 4. The van der Waals surface area contributed by atoms with Crippen molar-refractivity contribution in [2.24, 2.45) is 11.8 Å². The van der Waals surface area contributed by atoms with Gasteiger partial charge in [-0.3, -0.25) is 0 Å². The van der Waals surface area contributed by atoms with E-state index in [1.165, 1.54) is 32.3 Å². The molecule has 0 fully saturated rings. The maximum absolute atomic E-state index is 3.66. The second kappa shape index (κ2) is 15.2. The van der Waals surface area contributed by atoms with Crippen LogP contribution in [0.15, 0.2) is 94.7 Å². The first-order chi connectivity index (χ1) is 20.5. The zero-order valence-electron chi connectivity index (χ0n) is 27.2. The topological polar surface area (TPSA) is 48.1 Å². The van der Waals surface area contributed by atoms with Crippen molar-refractivity contribution in [2.45, 2.75) is 90.1 Å². The molecule has 2 unspecified atom stereocenters. The monoisotopic (exact) mass is 594 g/mol. The lowest BCUT2D eigenvalue weighted by atomic mass is 10.0. The van der Waals surface area contributed by atoms with E-state index in [1.54, 1.807) is 11.8 Å². The molecule has 0 saturated carbocycles. The Balaban J connectivity index is 1.29. The van der Waals surface area contributed by atoms with Crippen LogP contribution in [0.3, 0.4) is 0 Å². The SMILES string of the molecule is Cc1cc(Nc2ccc(Sc3ccc(Nc4ccc(NC(C)CC(C)C)c(C)c4)cc3)cc2)ccc1NC(C)CC(C)C. The van der Waals surface area contributed by atoms with E-state index in [9.17, 15) is 0 Å². The van der Waals surface area contributed by atoms with Gasteiger partial charge in [0.1, 0.15) is 0 Å². The number of benzene rings is 4. The van der Waals surface area contributed by atoms with Crippen LogP contribution in [-0.4, -0.2) is 12.1 Å². The molecule has 0 heterocycles. The minimum atomic E-state index is 0.461. The molecule has 0 aromatic heterocycles. The van der Waals surface area contributed by atoms with Gasteiger partial charge in [-0.2, -0.15) is 0 Å². The molecule has 4 rings (SSSR count). The van der Waals surface area contributed by atoms with Gasteiger partial charge in [-0.15, -0.1) is 0 Å². The molecule has 0 saturated heterocycles. The molecule has 43 heavy (non-hydrogen) atoms. The van der Waals surface area contributed by atoms with E-state index in [0.717, 1.165) is 35.6 Å². The van der Waals surface area contributed by atoms with Crippen LogP contribution in [0.1, 0.15) is 65.5 Å². The highest BCUT2D eigenvalue weighted by molar-refractivity contribution is 7.99. The van der Waals surface area contributed by atoms with E-state index in [4.69, 9.17) is 0 Å². The summed E-state index contributed by atoms with van der Waals surface area (Å²) in [5.74, 6) is 1.37. The number of rotatable bonds is 14. The van der Waals surface area contributed by atoms with E-state index in [-0.39, 0.29) is 0 Å². The molecule has 228 valence electrons. The first kappa shape index (κ1) is 32.3. The highest BCUT2D eigenvalue weighted by atomic mass is 32.2. The normalized spacial score (nSPS) is 12.7. The predicted octanol–water partition coefficient (Wildman–Crippen LogP) is 11.6. The maximum Gasteiger partial charge on any atom is 0.0388 e. The molecule has 0 aliphatic carbocycles. The lowest BCUT2D eigenvalue weighted by Gasteiger charge is -2.19. The average molecular weight is 595 g/mol. The fraction of sp³-hybridized carbons (Fsp3) is 0.368. The molecule has 4 nitrogen and oxygen atoms in total. The van der Waals surface area contributed by atoms with Crippen molar-refractivity contribution >= 4 is 45.9 Å². The highest BCUT2D eigenvalue weighted by Crippen LogP contribution is 2.32. The van der Waals surface area contributed by atoms with Crippen LogP contribution in [0.25, 0.3) is 0 Å². The van der Waals surface area contributed by atoms with Crippen molar-refractivity contribution in [3.63, 3.8) is 0 Å². The van der Waals surface area contributed by atoms with Crippen LogP contribution in [0.2, 0.25) is 0 Å². The van der Waals surface area contributed by atoms with Gasteiger partial charge >= 0.3 is 0 Å². The van der Waals surface area contributed by atoms with Gasteiger partial charge in [0, 0.05) is 56.0 Å². The zero-order chi connectivity index (χ0) is 30.9. The molecule has 0 bridgehead atoms. The van der Waals surface area contributed by atoms with Crippen LogP contribution >= 0.6 is 11.8 Å². The zero-order valence-corrected chi connectivity index (χ0v) is 28.0. The fourth-order valence-electron chi connectivity index (χ4n) is 5.55. The molecule has 5 heteroatoms. The number of hydrogen-bond acceptors (Lipinski definition) is 5. The second-order valence-corrected chi connectivity index (χ2v) is 14.0. The Morgan fingerprint density at radius 2 is 0.837 bits per heavy atom. The Kier molecular flexibility index (Phi) is 11.5. The number of anilines is 6. The van der Waals surface area contributed by atoms with Crippen LogP contribution in [0.5, 0.6) is 0 Å². The summed E-state index contributed by atoms with van der Waals surface area (Å²) in [7, 11) is 0. The van der Waals surface area contributed by atoms with Gasteiger partial charge in [-0.1, -0.05) is 39.5 Å². The Labute approximate surface area is 264 Å².